The van der Waals surface area contributed by atoms with Crippen molar-refractivity contribution in [2.45, 2.75) is 45.1 Å². The standard InChI is InChI=1S/C18H22N2O/c1-12-17-15(10-11-19-12)14-8-4-5-9-16(14)20(17)18(21)13-6-2-3-7-13/h4-5,8-9,12-13,19H,2-3,6-7,10-11H2,1H3/t12-/m0/s1. The molecule has 1 aromatic heterocycles. The molecule has 0 radical (unpaired) electrons. The van der Waals surface area contributed by atoms with Gasteiger partial charge in [-0.3, -0.25) is 9.36 Å². The zero-order chi connectivity index (χ0) is 14.4. The third kappa shape index (κ3) is 1.95. The molecule has 0 bridgehead atoms. The number of nitrogens with one attached hydrogen (secondary N) is 1. The van der Waals surface area contributed by atoms with Crippen LogP contribution in [0, 0.1) is 5.92 Å². The van der Waals surface area contributed by atoms with Crippen molar-refractivity contribution in [2.24, 2.45) is 5.92 Å². The van der Waals surface area contributed by atoms with E-state index in [1.54, 1.807) is 0 Å². The first kappa shape index (κ1) is 13.1. The molecule has 1 saturated carbocycles. The van der Waals surface area contributed by atoms with E-state index in [2.05, 4.69) is 30.4 Å². The fraction of sp³-hybridized carbons (Fsp3) is 0.500. The topological polar surface area (TPSA) is 34.0 Å². The monoisotopic (exact) mass is 282 g/mol. The van der Waals surface area contributed by atoms with E-state index in [-0.39, 0.29) is 12.0 Å². The van der Waals surface area contributed by atoms with Crippen LogP contribution in [0.25, 0.3) is 10.9 Å². The van der Waals surface area contributed by atoms with Crippen LogP contribution in [0.1, 0.15) is 54.7 Å². The molecule has 2 aliphatic rings. The van der Waals surface area contributed by atoms with Gasteiger partial charge in [0.1, 0.15) is 0 Å². The summed E-state index contributed by atoms with van der Waals surface area (Å²) in [5.74, 6) is 0.541. The zero-order valence-corrected chi connectivity index (χ0v) is 12.6. The van der Waals surface area contributed by atoms with Crippen molar-refractivity contribution in [1.29, 1.82) is 0 Å². The summed E-state index contributed by atoms with van der Waals surface area (Å²) in [7, 11) is 0. The van der Waals surface area contributed by atoms with Gasteiger partial charge in [0, 0.05) is 23.0 Å². The Labute approximate surface area is 125 Å². The minimum Gasteiger partial charge on any atom is -0.309 e. The molecule has 110 valence electrons. The fourth-order valence-electron chi connectivity index (χ4n) is 4.15. The normalized spacial score (nSPS) is 22.6. The quantitative estimate of drug-likeness (QED) is 0.865. The van der Waals surface area contributed by atoms with Gasteiger partial charge in [0.15, 0.2) is 0 Å². The molecule has 1 aliphatic carbocycles. The highest BCUT2D eigenvalue weighted by molar-refractivity contribution is 5.97. The van der Waals surface area contributed by atoms with Gasteiger partial charge in [-0.05, 0) is 44.4 Å². The average Bonchev–Trinajstić information content (AvgIpc) is 3.13. The Bertz CT molecular complexity index is 695. The molecule has 1 atom stereocenters. The van der Waals surface area contributed by atoms with E-state index in [1.165, 1.54) is 29.5 Å². The maximum absolute atomic E-state index is 13.1. The molecule has 0 spiro atoms. The van der Waals surface area contributed by atoms with Crippen molar-refractivity contribution in [3.8, 4) is 0 Å². The molecule has 4 rings (SSSR count). The molecule has 1 aromatic carbocycles. The highest BCUT2D eigenvalue weighted by Crippen LogP contribution is 2.35. The Morgan fingerprint density at radius 2 is 2.00 bits per heavy atom. The number of hydrogen-bond donors (Lipinski definition) is 1. The van der Waals surface area contributed by atoms with Crippen LogP contribution in [-0.4, -0.2) is 17.0 Å². The molecule has 0 unspecified atom stereocenters. The fourth-order valence-corrected chi connectivity index (χ4v) is 4.15. The second kappa shape index (κ2) is 4.99. The summed E-state index contributed by atoms with van der Waals surface area (Å²) in [5, 5.41) is 4.78. The smallest absolute Gasteiger partial charge is 0.234 e. The van der Waals surface area contributed by atoms with E-state index in [0.29, 0.717) is 5.91 Å². The van der Waals surface area contributed by atoms with Crippen molar-refractivity contribution >= 4 is 16.8 Å². The van der Waals surface area contributed by atoms with E-state index in [1.807, 2.05) is 10.6 Å². The number of aromatic nitrogens is 1. The van der Waals surface area contributed by atoms with Gasteiger partial charge in [-0.2, -0.15) is 0 Å². The lowest BCUT2D eigenvalue weighted by Crippen LogP contribution is -2.32. The molecule has 3 heteroatoms. The summed E-state index contributed by atoms with van der Waals surface area (Å²) in [6.45, 7) is 3.18. The molecule has 3 nitrogen and oxygen atoms in total. The number of nitrogens with zero attached hydrogens (tertiary/aromatic N) is 1. The number of rotatable bonds is 1. The minimum absolute atomic E-state index is 0.221. The van der Waals surface area contributed by atoms with Crippen LogP contribution < -0.4 is 5.32 Å². The molecule has 1 N–H and O–H groups in total. The van der Waals surface area contributed by atoms with Crippen molar-refractivity contribution < 1.29 is 4.79 Å². The van der Waals surface area contributed by atoms with Gasteiger partial charge in [0.25, 0.3) is 0 Å². The van der Waals surface area contributed by atoms with E-state index in [0.717, 1.165) is 31.3 Å². The van der Waals surface area contributed by atoms with Crippen LogP contribution in [0.2, 0.25) is 0 Å². The lowest BCUT2D eigenvalue weighted by Gasteiger charge is -2.24. The SMILES string of the molecule is C[C@@H]1NCCc2c1n(C(=O)C1CCCC1)c1ccccc21. The van der Waals surface area contributed by atoms with Gasteiger partial charge in [0.05, 0.1) is 5.52 Å². The predicted molar refractivity (Wildman–Crippen MR) is 84.6 cm³/mol. The maximum Gasteiger partial charge on any atom is 0.234 e. The van der Waals surface area contributed by atoms with Gasteiger partial charge in [-0.1, -0.05) is 31.0 Å². The van der Waals surface area contributed by atoms with Crippen molar-refractivity contribution in [3.63, 3.8) is 0 Å². The van der Waals surface area contributed by atoms with Crippen LogP contribution in [0.15, 0.2) is 24.3 Å². The number of hydrogen-bond acceptors (Lipinski definition) is 2. The molecule has 21 heavy (non-hydrogen) atoms. The third-order valence-corrected chi connectivity index (χ3v) is 5.18. The summed E-state index contributed by atoms with van der Waals surface area (Å²) < 4.78 is 2.04. The Balaban J connectivity index is 1.94. The van der Waals surface area contributed by atoms with Crippen molar-refractivity contribution in [1.82, 2.24) is 9.88 Å². The van der Waals surface area contributed by atoms with E-state index in [9.17, 15) is 4.79 Å². The van der Waals surface area contributed by atoms with Gasteiger partial charge < -0.3 is 5.32 Å². The van der Waals surface area contributed by atoms with E-state index >= 15 is 0 Å². The summed E-state index contributed by atoms with van der Waals surface area (Å²) >= 11 is 0. The average molecular weight is 282 g/mol. The number of carbonyl (C=O) groups excluding carboxylic acids is 1. The van der Waals surface area contributed by atoms with Gasteiger partial charge in [-0.25, -0.2) is 0 Å². The largest absolute Gasteiger partial charge is 0.309 e. The number of carbonyl (C=O) groups is 1. The summed E-state index contributed by atoms with van der Waals surface area (Å²) in [6, 6.07) is 8.66. The second-order valence-electron chi connectivity index (χ2n) is 6.46. The minimum atomic E-state index is 0.221. The molecule has 1 aliphatic heterocycles. The molecular weight excluding hydrogens is 260 g/mol. The Kier molecular flexibility index (Phi) is 3.11. The molecule has 0 saturated heterocycles. The van der Waals surface area contributed by atoms with Gasteiger partial charge in [0.2, 0.25) is 5.91 Å². The lowest BCUT2D eigenvalue weighted by molar-refractivity contribution is 0.0837. The van der Waals surface area contributed by atoms with Crippen molar-refractivity contribution in [3.05, 3.63) is 35.5 Å². The van der Waals surface area contributed by atoms with Crippen LogP contribution >= 0.6 is 0 Å². The summed E-state index contributed by atoms with van der Waals surface area (Å²) in [6.07, 6.45) is 5.53. The van der Waals surface area contributed by atoms with Gasteiger partial charge in [-0.15, -0.1) is 0 Å². The summed E-state index contributed by atoms with van der Waals surface area (Å²) in [4.78, 5) is 13.1. The van der Waals surface area contributed by atoms with E-state index in [4.69, 9.17) is 0 Å². The molecule has 2 heterocycles. The first-order valence-electron chi connectivity index (χ1n) is 8.17. The number of para-hydroxylation sites is 1. The Morgan fingerprint density at radius 1 is 1.24 bits per heavy atom. The Morgan fingerprint density at radius 3 is 2.81 bits per heavy atom. The highest BCUT2D eigenvalue weighted by Gasteiger charge is 2.31. The molecule has 0 amide bonds. The van der Waals surface area contributed by atoms with Crippen LogP contribution in [0.5, 0.6) is 0 Å². The Hall–Kier alpha value is -1.61. The molecule has 1 fully saturated rings. The van der Waals surface area contributed by atoms with Crippen LogP contribution in [-0.2, 0) is 6.42 Å². The lowest BCUT2D eigenvalue weighted by atomic mass is 10.00. The van der Waals surface area contributed by atoms with Crippen LogP contribution in [0.4, 0.5) is 0 Å². The first-order chi connectivity index (χ1) is 10.3. The number of fused-ring (bicyclic) bond motifs is 3. The zero-order valence-electron chi connectivity index (χ0n) is 12.6. The third-order valence-electron chi connectivity index (χ3n) is 5.18. The predicted octanol–water partition coefficient (Wildman–Crippen LogP) is 3.68. The maximum atomic E-state index is 13.1. The van der Waals surface area contributed by atoms with Crippen LogP contribution in [0.3, 0.4) is 0 Å². The van der Waals surface area contributed by atoms with Gasteiger partial charge >= 0.3 is 0 Å². The summed E-state index contributed by atoms with van der Waals surface area (Å²) in [5.41, 5.74) is 3.69. The second-order valence-corrected chi connectivity index (χ2v) is 6.46. The molecule has 2 aromatic rings. The van der Waals surface area contributed by atoms with Crippen molar-refractivity contribution in [2.75, 3.05) is 6.54 Å². The molecular formula is C18H22N2O. The van der Waals surface area contributed by atoms with E-state index < -0.39 is 0 Å². The highest BCUT2D eigenvalue weighted by atomic mass is 16.2. The number of benzene rings is 1. The first-order valence-corrected chi connectivity index (χ1v) is 8.17.